The van der Waals surface area contributed by atoms with Crippen LogP contribution in [-0.2, 0) is 0 Å². The zero-order chi connectivity index (χ0) is 15.4. The first-order valence-electron chi connectivity index (χ1n) is 6.00. The van der Waals surface area contributed by atoms with Crippen LogP contribution in [0.1, 0.15) is 26.3 Å². The highest BCUT2D eigenvalue weighted by Crippen LogP contribution is 2.16. The van der Waals surface area contributed by atoms with Crippen LogP contribution in [0.3, 0.4) is 0 Å². The highest BCUT2D eigenvalue weighted by Gasteiger charge is 2.21. The van der Waals surface area contributed by atoms with Gasteiger partial charge in [0.05, 0.1) is 4.92 Å². The average Bonchev–Trinajstić information content (AvgIpc) is 2.47. The summed E-state index contributed by atoms with van der Waals surface area (Å²) in [5.41, 5.74) is 0.507. The molecule has 0 fully saturated rings. The summed E-state index contributed by atoms with van der Waals surface area (Å²) in [4.78, 5) is 37.6. The van der Waals surface area contributed by atoms with E-state index in [1.807, 2.05) is 13.0 Å². The molecule has 1 aromatic carbocycles. The van der Waals surface area contributed by atoms with Crippen molar-refractivity contribution in [3.63, 3.8) is 0 Å². The van der Waals surface area contributed by atoms with E-state index < -0.39 is 22.4 Å². The second-order valence-electron chi connectivity index (χ2n) is 4.30. The Bertz CT molecular complexity index is 728. The fourth-order valence-corrected chi connectivity index (χ4v) is 1.75. The Balaban J connectivity index is 2.23. The molecule has 2 rings (SSSR count). The van der Waals surface area contributed by atoms with Gasteiger partial charge in [-0.05, 0) is 25.1 Å². The van der Waals surface area contributed by atoms with Crippen LogP contribution in [0.25, 0.3) is 0 Å². The molecule has 0 bridgehead atoms. The molecule has 0 aliphatic rings. The summed E-state index contributed by atoms with van der Waals surface area (Å²) in [6, 6.07) is 7.85. The van der Waals surface area contributed by atoms with E-state index in [0.29, 0.717) is 5.56 Å². The molecule has 0 radical (unpaired) electrons. The van der Waals surface area contributed by atoms with Crippen LogP contribution in [0.4, 0.5) is 5.69 Å². The van der Waals surface area contributed by atoms with Crippen molar-refractivity contribution in [2.45, 2.75) is 6.92 Å². The lowest BCUT2D eigenvalue weighted by molar-refractivity contribution is -0.385. The van der Waals surface area contributed by atoms with E-state index in [9.17, 15) is 19.7 Å². The molecule has 106 valence electrons. The first-order valence-corrected chi connectivity index (χ1v) is 6.00. The number of hydrogen-bond acceptors (Lipinski definition) is 5. The van der Waals surface area contributed by atoms with Crippen molar-refractivity contribution in [2.75, 3.05) is 0 Å². The first kappa shape index (κ1) is 14.3. The minimum atomic E-state index is -0.837. The first-order chi connectivity index (χ1) is 9.99. The maximum absolute atomic E-state index is 12.0. The van der Waals surface area contributed by atoms with Crippen molar-refractivity contribution < 1.29 is 14.5 Å². The highest BCUT2D eigenvalue weighted by atomic mass is 16.6. The van der Waals surface area contributed by atoms with E-state index >= 15 is 0 Å². The molecule has 0 saturated heterocycles. The SMILES string of the molecule is Cc1cccc(C(=O)NC(=O)c2ccncc2[N+](=O)[O-])c1. The molecule has 1 aromatic heterocycles. The van der Waals surface area contributed by atoms with Crippen LogP contribution in [0, 0.1) is 17.0 Å². The number of aryl methyl sites for hydroxylation is 1. The molecular weight excluding hydrogens is 274 g/mol. The van der Waals surface area contributed by atoms with Gasteiger partial charge in [0.15, 0.2) is 0 Å². The van der Waals surface area contributed by atoms with Gasteiger partial charge in [-0.1, -0.05) is 17.7 Å². The van der Waals surface area contributed by atoms with Gasteiger partial charge in [-0.15, -0.1) is 0 Å². The third-order valence-electron chi connectivity index (χ3n) is 2.75. The number of nitrogens with zero attached hydrogens (tertiary/aromatic N) is 2. The normalized spacial score (nSPS) is 9.95. The van der Waals surface area contributed by atoms with Crippen molar-refractivity contribution in [3.05, 3.63) is 69.5 Å². The Morgan fingerprint density at radius 1 is 1.24 bits per heavy atom. The van der Waals surface area contributed by atoms with E-state index in [4.69, 9.17) is 0 Å². The number of nitro groups is 1. The summed E-state index contributed by atoms with van der Waals surface area (Å²) in [6.45, 7) is 1.81. The molecule has 0 unspecified atom stereocenters. The summed E-state index contributed by atoms with van der Waals surface area (Å²) >= 11 is 0. The number of rotatable bonds is 3. The second kappa shape index (κ2) is 5.91. The molecule has 2 aromatic rings. The number of benzene rings is 1. The quantitative estimate of drug-likeness (QED) is 0.527. The fraction of sp³-hybridized carbons (Fsp3) is 0.0714. The average molecular weight is 285 g/mol. The molecule has 7 heteroatoms. The molecular formula is C14H11N3O4. The van der Waals surface area contributed by atoms with E-state index in [1.165, 1.54) is 12.3 Å². The van der Waals surface area contributed by atoms with E-state index in [1.54, 1.807) is 18.2 Å². The van der Waals surface area contributed by atoms with Crippen molar-refractivity contribution >= 4 is 17.5 Å². The van der Waals surface area contributed by atoms with Crippen molar-refractivity contribution in [3.8, 4) is 0 Å². The van der Waals surface area contributed by atoms with E-state index in [-0.39, 0.29) is 5.56 Å². The molecule has 1 heterocycles. The minimum Gasteiger partial charge on any atom is -0.288 e. The molecule has 0 atom stereocenters. The maximum atomic E-state index is 12.0. The lowest BCUT2D eigenvalue weighted by Gasteiger charge is -2.05. The van der Waals surface area contributed by atoms with Crippen molar-refractivity contribution in [1.29, 1.82) is 0 Å². The Kier molecular flexibility index (Phi) is 4.03. The summed E-state index contributed by atoms with van der Waals surface area (Å²) in [6.07, 6.45) is 2.21. The predicted molar refractivity (Wildman–Crippen MR) is 73.9 cm³/mol. The topological polar surface area (TPSA) is 102 Å². The van der Waals surface area contributed by atoms with Crippen molar-refractivity contribution in [1.82, 2.24) is 10.3 Å². The summed E-state index contributed by atoms with van der Waals surface area (Å²) in [5.74, 6) is -1.45. The Labute approximate surface area is 119 Å². The molecule has 7 nitrogen and oxygen atoms in total. The number of amides is 2. The predicted octanol–water partition coefficient (Wildman–Crippen LogP) is 1.87. The Hall–Kier alpha value is -3.09. The van der Waals surface area contributed by atoms with Crippen LogP contribution in [0.15, 0.2) is 42.7 Å². The van der Waals surface area contributed by atoms with Gasteiger partial charge in [-0.3, -0.25) is 30.0 Å². The van der Waals surface area contributed by atoms with E-state index in [2.05, 4.69) is 10.3 Å². The lowest BCUT2D eigenvalue weighted by atomic mass is 10.1. The number of carbonyl (C=O) groups is 2. The molecule has 1 N–H and O–H groups in total. The van der Waals surface area contributed by atoms with Crippen LogP contribution in [-0.4, -0.2) is 21.7 Å². The summed E-state index contributed by atoms with van der Waals surface area (Å²) in [5, 5.41) is 13.0. The molecule has 0 spiro atoms. The fourth-order valence-electron chi connectivity index (χ4n) is 1.75. The molecule has 0 saturated carbocycles. The van der Waals surface area contributed by atoms with Crippen LogP contribution in [0.2, 0.25) is 0 Å². The molecule has 2 amide bonds. The number of aromatic nitrogens is 1. The number of pyridine rings is 1. The van der Waals surface area contributed by atoms with Gasteiger partial charge >= 0.3 is 0 Å². The van der Waals surface area contributed by atoms with Gasteiger partial charge in [-0.25, -0.2) is 0 Å². The lowest BCUT2D eigenvalue weighted by Crippen LogP contribution is -2.31. The summed E-state index contributed by atoms with van der Waals surface area (Å²) < 4.78 is 0. The zero-order valence-electron chi connectivity index (χ0n) is 11.1. The van der Waals surface area contributed by atoms with Crippen LogP contribution < -0.4 is 5.32 Å². The highest BCUT2D eigenvalue weighted by molar-refractivity contribution is 6.11. The summed E-state index contributed by atoms with van der Waals surface area (Å²) in [7, 11) is 0. The molecule has 21 heavy (non-hydrogen) atoms. The monoisotopic (exact) mass is 285 g/mol. The standard InChI is InChI=1S/C14H11N3O4/c1-9-3-2-4-10(7-9)13(18)16-14(19)11-5-6-15-8-12(11)17(20)21/h2-8H,1H3,(H,16,18,19). The van der Waals surface area contributed by atoms with Crippen LogP contribution in [0.5, 0.6) is 0 Å². The van der Waals surface area contributed by atoms with Gasteiger partial charge in [0, 0.05) is 11.8 Å². The third-order valence-corrected chi connectivity index (χ3v) is 2.75. The second-order valence-corrected chi connectivity index (χ2v) is 4.30. The Morgan fingerprint density at radius 3 is 2.67 bits per heavy atom. The largest absolute Gasteiger partial charge is 0.300 e. The number of nitrogens with one attached hydrogen (secondary N) is 1. The zero-order valence-corrected chi connectivity index (χ0v) is 11.1. The number of carbonyl (C=O) groups excluding carboxylic acids is 2. The minimum absolute atomic E-state index is 0.212. The van der Waals surface area contributed by atoms with Gasteiger partial charge in [0.1, 0.15) is 11.8 Å². The number of imide groups is 1. The van der Waals surface area contributed by atoms with Crippen LogP contribution >= 0.6 is 0 Å². The smallest absolute Gasteiger partial charge is 0.288 e. The number of hydrogen-bond donors (Lipinski definition) is 1. The van der Waals surface area contributed by atoms with Gasteiger partial charge < -0.3 is 0 Å². The maximum Gasteiger partial charge on any atom is 0.300 e. The van der Waals surface area contributed by atoms with Gasteiger partial charge in [0.2, 0.25) is 0 Å². The van der Waals surface area contributed by atoms with Gasteiger partial charge in [-0.2, -0.15) is 0 Å². The Morgan fingerprint density at radius 2 is 2.00 bits per heavy atom. The third kappa shape index (κ3) is 3.27. The molecule has 0 aliphatic carbocycles. The van der Waals surface area contributed by atoms with E-state index in [0.717, 1.165) is 11.8 Å². The van der Waals surface area contributed by atoms with Gasteiger partial charge in [0.25, 0.3) is 17.5 Å². The molecule has 0 aliphatic heterocycles. The van der Waals surface area contributed by atoms with Crippen molar-refractivity contribution in [2.24, 2.45) is 0 Å².